The summed E-state index contributed by atoms with van der Waals surface area (Å²) in [7, 11) is 1.59. The van der Waals surface area contributed by atoms with Gasteiger partial charge in [0.05, 0.1) is 24.9 Å². The molecule has 2 saturated carbocycles. The summed E-state index contributed by atoms with van der Waals surface area (Å²) in [6, 6.07) is 4.36. The molecule has 4 aliphatic rings. The zero-order chi connectivity index (χ0) is 22.0. The standard InChI is InChI=1S/C23H31N3O5/c1-31-15-4-5-16-17(10-15)22-8-9-26(12-13-2-3-13)19(18(16)27)23(22,30)7-6-14(11-22)20(28)25-21(24)29/h4-5,10,13-14,18-19,27,30H,2-3,6-9,11-12H2,1H3,(H3,24,25,28,29). The van der Waals surface area contributed by atoms with E-state index in [4.69, 9.17) is 10.5 Å². The van der Waals surface area contributed by atoms with Crippen LogP contribution in [0, 0.1) is 11.8 Å². The van der Waals surface area contributed by atoms with Crippen LogP contribution in [0.4, 0.5) is 4.79 Å². The Hall–Kier alpha value is -2.16. The Morgan fingerprint density at radius 1 is 1.29 bits per heavy atom. The Morgan fingerprint density at radius 2 is 2.06 bits per heavy atom. The van der Waals surface area contributed by atoms with Crippen LogP contribution in [0.5, 0.6) is 5.75 Å². The van der Waals surface area contributed by atoms with Gasteiger partial charge < -0.3 is 20.7 Å². The largest absolute Gasteiger partial charge is 0.497 e. The average molecular weight is 430 g/mol. The fourth-order valence-corrected chi connectivity index (χ4v) is 6.59. The number of nitrogens with one attached hydrogen (secondary N) is 1. The smallest absolute Gasteiger partial charge is 0.318 e. The molecule has 1 aromatic carbocycles. The average Bonchev–Trinajstić information content (AvgIpc) is 3.55. The van der Waals surface area contributed by atoms with Crippen LogP contribution < -0.4 is 15.8 Å². The van der Waals surface area contributed by atoms with E-state index in [1.54, 1.807) is 7.11 Å². The number of carbonyl (C=O) groups is 2. The molecule has 0 radical (unpaired) electrons. The second kappa shape index (κ2) is 7.18. The number of benzene rings is 1. The summed E-state index contributed by atoms with van der Waals surface area (Å²) >= 11 is 0. The van der Waals surface area contributed by atoms with Gasteiger partial charge in [0, 0.05) is 17.9 Å². The molecule has 5 unspecified atom stereocenters. The number of imide groups is 1. The van der Waals surface area contributed by atoms with Gasteiger partial charge in [0.1, 0.15) is 5.75 Å². The molecule has 1 heterocycles. The number of aliphatic hydroxyl groups is 2. The monoisotopic (exact) mass is 429 g/mol. The molecule has 3 aliphatic carbocycles. The van der Waals surface area contributed by atoms with Crippen LogP contribution in [0.2, 0.25) is 0 Å². The maximum absolute atomic E-state index is 12.7. The number of likely N-dealkylation sites (tertiary alicyclic amines) is 1. The summed E-state index contributed by atoms with van der Waals surface area (Å²) in [5, 5.41) is 25.9. The molecule has 31 heavy (non-hydrogen) atoms. The van der Waals surface area contributed by atoms with Crippen molar-refractivity contribution in [1.29, 1.82) is 0 Å². The van der Waals surface area contributed by atoms with E-state index in [0.717, 1.165) is 24.2 Å². The van der Waals surface area contributed by atoms with Crippen LogP contribution >= 0.6 is 0 Å². The fourth-order valence-electron chi connectivity index (χ4n) is 6.59. The van der Waals surface area contributed by atoms with Gasteiger partial charge in [0.2, 0.25) is 5.91 Å². The van der Waals surface area contributed by atoms with Gasteiger partial charge >= 0.3 is 6.03 Å². The topological polar surface area (TPSA) is 125 Å². The lowest BCUT2D eigenvalue weighted by molar-refractivity contribution is -0.205. The zero-order valence-electron chi connectivity index (χ0n) is 17.8. The molecule has 8 nitrogen and oxygen atoms in total. The van der Waals surface area contributed by atoms with Crippen LogP contribution in [-0.2, 0) is 10.2 Å². The lowest BCUT2D eigenvalue weighted by Crippen LogP contribution is -2.74. The van der Waals surface area contributed by atoms with Crippen molar-refractivity contribution in [3.05, 3.63) is 29.3 Å². The third kappa shape index (κ3) is 3.07. The van der Waals surface area contributed by atoms with Crippen molar-refractivity contribution in [2.75, 3.05) is 20.2 Å². The molecule has 5 N–H and O–H groups in total. The van der Waals surface area contributed by atoms with Gasteiger partial charge in [-0.15, -0.1) is 0 Å². The van der Waals surface area contributed by atoms with Gasteiger partial charge in [0.25, 0.3) is 0 Å². The number of piperidine rings is 1. The minimum absolute atomic E-state index is 0.378. The highest BCUT2D eigenvalue weighted by Crippen LogP contribution is 2.62. The first-order valence-electron chi connectivity index (χ1n) is 11.2. The Labute approximate surface area is 181 Å². The maximum atomic E-state index is 12.7. The molecule has 3 amide bonds. The van der Waals surface area contributed by atoms with Crippen molar-refractivity contribution >= 4 is 11.9 Å². The predicted molar refractivity (Wildman–Crippen MR) is 112 cm³/mol. The number of amides is 3. The normalized spacial score (nSPS) is 36.8. The van der Waals surface area contributed by atoms with Gasteiger partial charge in [-0.2, -0.15) is 0 Å². The molecular formula is C23H31N3O5. The van der Waals surface area contributed by atoms with Crippen LogP contribution in [0.1, 0.15) is 55.8 Å². The Kier molecular flexibility index (Phi) is 4.80. The number of nitrogens with two attached hydrogens (primary N) is 1. The molecule has 5 rings (SSSR count). The van der Waals surface area contributed by atoms with E-state index < -0.39 is 41.0 Å². The van der Waals surface area contributed by atoms with Gasteiger partial charge in [-0.1, -0.05) is 6.07 Å². The Bertz CT molecular complexity index is 918. The third-order valence-corrected chi connectivity index (χ3v) is 8.21. The summed E-state index contributed by atoms with van der Waals surface area (Å²) < 4.78 is 5.46. The van der Waals surface area contributed by atoms with Crippen molar-refractivity contribution in [3.63, 3.8) is 0 Å². The quantitative estimate of drug-likeness (QED) is 0.570. The van der Waals surface area contributed by atoms with Crippen molar-refractivity contribution in [2.24, 2.45) is 17.6 Å². The molecule has 0 spiro atoms. The molecule has 1 aliphatic heterocycles. The lowest BCUT2D eigenvalue weighted by Gasteiger charge is -2.65. The summed E-state index contributed by atoms with van der Waals surface area (Å²) in [6.07, 6.45) is 3.50. The highest BCUT2D eigenvalue weighted by atomic mass is 16.5. The minimum Gasteiger partial charge on any atom is -0.497 e. The van der Waals surface area contributed by atoms with E-state index in [9.17, 15) is 19.8 Å². The second-order valence-electron chi connectivity index (χ2n) is 9.83. The van der Waals surface area contributed by atoms with Crippen LogP contribution in [0.25, 0.3) is 0 Å². The number of aliphatic hydroxyl groups excluding tert-OH is 1. The van der Waals surface area contributed by atoms with E-state index in [1.807, 2.05) is 18.2 Å². The molecule has 8 heteroatoms. The number of hydrogen-bond acceptors (Lipinski definition) is 6. The number of rotatable bonds is 4. The van der Waals surface area contributed by atoms with Gasteiger partial charge in [-0.3, -0.25) is 15.0 Å². The van der Waals surface area contributed by atoms with Gasteiger partial charge in [-0.05, 0) is 74.2 Å². The van der Waals surface area contributed by atoms with Crippen molar-refractivity contribution in [2.45, 2.75) is 61.7 Å². The van der Waals surface area contributed by atoms with E-state index in [1.165, 1.54) is 12.8 Å². The third-order valence-electron chi connectivity index (χ3n) is 8.21. The summed E-state index contributed by atoms with van der Waals surface area (Å²) in [5.74, 6) is 0.470. The SMILES string of the molecule is COc1ccc2c(c1)C13CCN(CC4CC4)C(C2O)C1(O)CCC(C(=O)NC(N)=O)C3. The minimum atomic E-state index is -1.16. The van der Waals surface area contributed by atoms with Crippen molar-refractivity contribution in [3.8, 4) is 5.75 Å². The van der Waals surface area contributed by atoms with Crippen LogP contribution in [-0.4, -0.2) is 58.9 Å². The number of hydrogen-bond donors (Lipinski definition) is 4. The molecular weight excluding hydrogens is 398 g/mol. The Morgan fingerprint density at radius 3 is 2.74 bits per heavy atom. The molecule has 3 fully saturated rings. The van der Waals surface area contributed by atoms with Gasteiger partial charge in [0.15, 0.2) is 0 Å². The molecule has 1 aromatic rings. The van der Waals surface area contributed by atoms with Crippen LogP contribution in [0.3, 0.4) is 0 Å². The first-order chi connectivity index (χ1) is 14.8. The Balaban J connectivity index is 1.61. The van der Waals surface area contributed by atoms with Crippen molar-refractivity contribution in [1.82, 2.24) is 10.2 Å². The number of primary amides is 1. The number of ether oxygens (including phenoxy) is 1. The zero-order valence-corrected chi connectivity index (χ0v) is 17.8. The lowest BCUT2D eigenvalue weighted by atomic mass is 9.47. The second-order valence-corrected chi connectivity index (χ2v) is 9.83. The van der Waals surface area contributed by atoms with E-state index in [2.05, 4.69) is 10.2 Å². The van der Waals surface area contributed by atoms with E-state index >= 15 is 0 Å². The first-order valence-corrected chi connectivity index (χ1v) is 11.2. The molecule has 168 valence electrons. The summed E-state index contributed by atoms with van der Waals surface area (Å²) in [4.78, 5) is 26.2. The summed E-state index contributed by atoms with van der Waals surface area (Å²) in [5.41, 5.74) is 4.98. The number of methoxy groups -OCH3 is 1. The molecule has 2 bridgehead atoms. The van der Waals surface area contributed by atoms with E-state index in [0.29, 0.717) is 37.4 Å². The van der Waals surface area contributed by atoms with Gasteiger partial charge in [-0.25, -0.2) is 4.79 Å². The highest BCUT2D eigenvalue weighted by molar-refractivity contribution is 5.94. The molecule has 1 saturated heterocycles. The molecule has 5 atom stereocenters. The van der Waals surface area contributed by atoms with E-state index in [-0.39, 0.29) is 0 Å². The first kappa shape index (κ1) is 20.7. The predicted octanol–water partition coefficient (Wildman–Crippen LogP) is 1.19. The maximum Gasteiger partial charge on any atom is 0.318 e. The number of fused-ring (bicyclic) bond motifs is 1. The van der Waals surface area contributed by atoms with Crippen molar-refractivity contribution < 1.29 is 24.5 Å². The summed E-state index contributed by atoms with van der Waals surface area (Å²) in [6.45, 7) is 1.64. The number of urea groups is 1. The number of nitrogens with zero attached hydrogens (tertiary/aromatic N) is 1. The number of carbonyl (C=O) groups excluding carboxylic acids is 2. The highest BCUT2D eigenvalue weighted by Gasteiger charge is 2.67. The fraction of sp³-hybridized carbons (Fsp3) is 0.652. The molecule has 0 aromatic heterocycles. The van der Waals surface area contributed by atoms with Crippen LogP contribution in [0.15, 0.2) is 18.2 Å².